The molecule has 0 unspecified atom stereocenters. The SMILES string of the molecule is Cc1nn(C)c2cc(-c3cn4ccnc4c(Nc4ccc(N5CCOCC5)cc4)n3)ccc12.NC=O. The summed E-state index contributed by atoms with van der Waals surface area (Å²) in [6.45, 7) is 5.43. The van der Waals surface area contributed by atoms with Gasteiger partial charge in [0.1, 0.15) is 0 Å². The molecular weight excluding hydrogens is 456 g/mol. The molecule has 5 aromatic rings. The number of anilines is 3. The van der Waals surface area contributed by atoms with Gasteiger partial charge in [-0.05, 0) is 37.3 Å². The van der Waals surface area contributed by atoms with Crippen molar-refractivity contribution in [1.82, 2.24) is 24.1 Å². The first-order chi connectivity index (χ1) is 17.6. The summed E-state index contributed by atoms with van der Waals surface area (Å²) in [6, 6.07) is 14.8. The molecule has 36 heavy (non-hydrogen) atoms. The average molecular weight is 485 g/mol. The summed E-state index contributed by atoms with van der Waals surface area (Å²) in [6.07, 6.45) is 6.00. The number of hydrogen-bond donors (Lipinski definition) is 2. The standard InChI is InChI=1S/C25H25N7O.CH3NO/c1-17-21-8-3-18(15-23(21)30(2)29-17)22-16-32-10-9-26-25(32)24(28-22)27-19-4-6-20(7-5-19)31-11-13-33-14-12-31;2-1-3/h3-10,15-16H,11-14H2,1-2H3,(H,27,28);1H,(H2,2,3). The van der Waals surface area contributed by atoms with Crippen LogP contribution in [0.1, 0.15) is 5.69 Å². The maximum atomic E-state index is 8.58. The van der Waals surface area contributed by atoms with Crippen molar-refractivity contribution in [1.29, 1.82) is 0 Å². The van der Waals surface area contributed by atoms with Gasteiger partial charge in [-0.2, -0.15) is 5.10 Å². The lowest BCUT2D eigenvalue weighted by atomic mass is 10.1. The number of nitrogens with zero attached hydrogens (tertiary/aromatic N) is 6. The monoisotopic (exact) mass is 484 g/mol. The zero-order valence-corrected chi connectivity index (χ0v) is 20.3. The van der Waals surface area contributed by atoms with Crippen molar-refractivity contribution in [3.05, 3.63) is 66.7 Å². The summed E-state index contributed by atoms with van der Waals surface area (Å²) in [4.78, 5) is 20.4. The van der Waals surface area contributed by atoms with Crippen LogP contribution in [0.2, 0.25) is 0 Å². The highest BCUT2D eigenvalue weighted by Gasteiger charge is 2.14. The molecule has 184 valence electrons. The third-order valence-corrected chi connectivity index (χ3v) is 6.21. The normalized spacial score (nSPS) is 13.4. The molecule has 3 N–H and O–H groups in total. The maximum absolute atomic E-state index is 8.58. The zero-order chi connectivity index (χ0) is 25.1. The number of aryl methyl sites for hydroxylation is 2. The second kappa shape index (κ2) is 10.0. The molecule has 4 heterocycles. The second-order valence-electron chi connectivity index (χ2n) is 8.48. The molecule has 2 aromatic carbocycles. The van der Waals surface area contributed by atoms with E-state index < -0.39 is 0 Å². The Hall–Kier alpha value is -4.44. The number of primary amides is 1. The predicted octanol–water partition coefficient (Wildman–Crippen LogP) is 3.27. The first-order valence-electron chi connectivity index (χ1n) is 11.7. The lowest BCUT2D eigenvalue weighted by Crippen LogP contribution is -2.36. The van der Waals surface area contributed by atoms with Crippen molar-refractivity contribution in [2.75, 3.05) is 36.5 Å². The minimum Gasteiger partial charge on any atom is -0.378 e. The van der Waals surface area contributed by atoms with Gasteiger partial charge in [0.25, 0.3) is 0 Å². The van der Waals surface area contributed by atoms with E-state index in [-0.39, 0.29) is 6.41 Å². The Kier molecular flexibility index (Phi) is 6.50. The van der Waals surface area contributed by atoms with Crippen molar-refractivity contribution in [3.8, 4) is 11.3 Å². The number of morpholine rings is 1. The van der Waals surface area contributed by atoms with E-state index in [2.05, 4.69) is 68.5 Å². The van der Waals surface area contributed by atoms with Gasteiger partial charge in [0.05, 0.1) is 30.1 Å². The van der Waals surface area contributed by atoms with E-state index in [1.165, 1.54) is 5.69 Å². The summed E-state index contributed by atoms with van der Waals surface area (Å²) in [7, 11) is 1.97. The van der Waals surface area contributed by atoms with E-state index in [4.69, 9.17) is 14.5 Å². The van der Waals surface area contributed by atoms with Gasteiger partial charge in [0, 0.05) is 61.1 Å². The molecule has 10 heteroatoms. The fraction of sp³-hybridized carbons (Fsp3) is 0.231. The van der Waals surface area contributed by atoms with Crippen LogP contribution in [0.3, 0.4) is 0 Å². The number of ether oxygens (including phenoxy) is 1. The van der Waals surface area contributed by atoms with Gasteiger partial charge in [-0.25, -0.2) is 9.97 Å². The van der Waals surface area contributed by atoms with Gasteiger partial charge >= 0.3 is 0 Å². The highest BCUT2D eigenvalue weighted by Crippen LogP contribution is 2.28. The number of benzene rings is 2. The van der Waals surface area contributed by atoms with Crippen LogP contribution in [0.15, 0.2) is 61.1 Å². The Morgan fingerprint density at radius 3 is 2.61 bits per heavy atom. The Labute approximate surface area is 208 Å². The first kappa shape index (κ1) is 23.3. The Bertz CT molecular complexity index is 1500. The molecule has 0 radical (unpaired) electrons. The minimum atomic E-state index is 0.250. The minimum absolute atomic E-state index is 0.250. The van der Waals surface area contributed by atoms with E-state index in [1.807, 2.05) is 35.4 Å². The summed E-state index contributed by atoms with van der Waals surface area (Å²) < 4.78 is 9.38. The summed E-state index contributed by atoms with van der Waals surface area (Å²) in [5.41, 5.74) is 11.1. The molecule has 0 saturated carbocycles. The second-order valence-corrected chi connectivity index (χ2v) is 8.48. The van der Waals surface area contributed by atoms with Gasteiger partial charge in [-0.3, -0.25) is 9.48 Å². The van der Waals surface area contributed by atoms with Crippen LogP contribution in [0.4, 0.5) is 17.2 Å². The van der Waals surface area contributed by atoms with E-state index in [9.17, 15) is 0 Å². The van der Waals surface area contributed by atoms with E-state index in [0.29, 0.717) is 0 Å². The van der Waals surface area contributed by atoms with Crippen LogP contribution in [-0.4, -0.2) is 56.9 Å². The Morgan fingerprint density at radius 2 is 1.86 bits per heavy atom. The molecule has 1 saturated heterocycles. The molecule has 0 aliphatic carbocycles. The van der Waals surface area contributed by atoms with Crippen LogP contribution in [0, 0.1) is 6.92 Å². The molecule has 0 atom stereocenters. The summed E-state index contributed by atoms with van der Waals surface area (Å²) in [5, 5.41) is 9.17. The van der Waals surface area contributed by atoms with Crippen molar-refractivity contribution < 1.29 is 9.53 Å². The molecule has 1 aliphatic heterocycles. The van der Waals surface area contributed by atoms with Crippen LogP contribution in [0.5, 0.6) is 0 Å². The van der Waals surface area contributed by atoms with Crippen LogP contribution < -0.4 is 16.0 Å². The van der Waals surface area contributed by atoms with Gasteiger partial charge in [0.15, 0.2) is 11.5 Å². The predicted molar refractivity (Wildman–Crippen MR) is 140 cm³/mol. The number of fused-ring (bicyclic) bond motifs is 2. The number of hydrogen-bond acceptors (Lipinski definition) is 7. The number of amides is 1. The average Bonchev–Trinajstić information content (AvgIpc) is 3.49. The third kappa shape index (κ3) is 4.58. The number of carbonyl (C=O) groups excluding carboxylic acids is 1. The smallest absolute Gasteiger partial charge is 0.204 e. The zero-order valence-electron chi connectivity index (χ0n) is 20.3. The molecule has 1 fully saturated rings. The first-order valence-corrected chi connectivity index (χ1v) is 11.7. The Balaban J connectivity index is 0.000000848. The van der Waals surface area contributed by atoms with E-state index in [1.54, 1.807) is 6.20 Å². The molecule has 6 rings (SSSR count). The number of nitrogens with two attached hydrogens (primary N) is 1. The van der Waals surface area contributed by atoms with Gasteiger partial charge in [-0.1, -0.05) is 12.1 Å². The highest BCUT2D eigenvalue weighted by atomic mass is 16.5. The van der Waals surface area contributed by atoms with Crippen molar-refractivity contribution in [2.45, 2.75) is 6.92 Å². The number of nitrogens with one attached hydrogen (secondary N) is 1. The fourth-order valence-corrected chi connectivity index (χ4v) is 4.47. The molecule has 3 aromatic heterocycles. The number of aromatic nitrogens is 5. The number of rotatable bonds is 4. The molecular formula is C26H28N8O2. The van der Waals surface area contributed by atoms with Crippen molar-refractivity contribution in [2.24, 2.45) is 12.8 Å². The number of imidazole rings is 1. The highest BCUT2D eigenvalue weighted by molar-refractivity contribution is 5.86. The van der Waals surface area contributed by atoms with Gasteiger partial charge in [0.2, 0.25) is 6.41 Å². The molecule has 10 nitrogen and oxygen atoms in total. The fourth-order valence-electron chi connectivity index (χ4n) is 4.47. The molecule has 0 bridgehead atoms. The van der Waals surface area contributed by atoms with Crippen LogP contribution >= 0.6 is 0 Å². The van der Waals surface area contributed by atoms with Gasteiger partial charge in [-0.15, -0.1) is 0 Å². The van der Waals surface area contributed by atoms with Crippen LogP contribution in [0.25, 0.3) is 27.8 Å². The topological polar surface area (TPSA) is 116 Å². The lowest BCUT2D eigenvalue weighted by Gasteiger charge is -2.28. The van der Waals surface area contributed by atoms with Crippen LogP contribution in [-0.2, 0) is 16.6 Å². The van der Waals surface area contributed by atoms with E-state index in [0.717, 1.165) is 71.3 Å². The third-order valence-electron chi connectivity index (χ3n) is 6.21. The number of carbonyl (C=O) groups is 1. The molecule has 1 aliphatic rings. The quantitative estimate of drug-likeness (QED) is 0.376. The largest absolute Gasteiger partial charge is 0.378 e. The maximum Gasteiger partial charge on any atom is 0.204 e. The molecule has 1 amide bonds. The lowest BCUT2D eigenvalue weighted by molar-refractivity contribution is -0.106. The summed E-state index contributed by atoms with van der Waals surface area (Å²) >= 11 is 0. The van der Waals surface area contributed by atoms with Crippen molar-refractivity contribution in [3.63, 3.8) is 0 Å². The van der Waals surface area contributed by atoms with Gasteiger partial charge < -0.3 is 25.1 Å². The van der Waals surface area contributed by atoms with E-state index >= 15 is 0 Å². The Morgan fingerprint density at radius 1 is 1.11 bits per heavy atom. The molecule has 0 spiro atoms. The summed E-state index contributed by atoms with van der Waals surface area (Å²) in [5.74, 6) is 0.720. The van der Waals surface area contributed by atoms with Crippen molar-refractivity contribution >= 4 is 40.2 Å².